The molecule has 2 heteroatoms. The van der Waals surface area contributed by atoms with Gasteiger partial charge in [-0.15, -0.1) is 0 Å². The normalized spacial score (nSPS) is 51.9. The highest BCUT2D eigenvalue weighted by molar-refractivity contribution is 5.77. The van der Waals surface area contributed by atoms with E-state index in [4.69, 9.17) is 4.74 Å². The van der Waals surface area contributed by atoms with E-state index in [0.29, 0.717) is 5.92 Å². The summed E-state index contributed by atoms with van der Waals surface area (Å²) in [6, 6.07) is 0. The lowest BCUT2D eigenvalue weighted by atomic mass is 9.67. The molecular weight excluding hydrogens is 188 g/mol. The lowest BCUT2D eigenvalue weighted by Gasteiger charge is -2.37. The third-order valence-corrected chi connectivity index (χ3v) is 5.46. The van der Waals surface area contributed by atoms with Crippen LogP contribution in [0.5, 0.6) is 0 Å². The first-order chi connectivity index (χ1) is 7.16. The number of rotatable bonds is 1. The summed E-state index contributed by atoms with van der Waals surface area (Å²) in [7, 11) is 1.53. The Balaban J connectivity index is 1.89. The summed E-state index contributed by atoms with van der Waals surface area (Å²) < 4.78 is 5.00. The largest absolute Gasteiger partial charge is 0.469 e. The molecule has 3 aliphatic rings. The van der Waals surface area contributed by atoms with E-state index in [9.17, 15) is 4.79 Å². The lowest BCUT2D eigenvalue weighted by Crippen LogP contribution is -2.40. The molecule has 0 amide bonds. The minimum Gasteiger partial charge on any atom is -0.469 e. The second-order valence-corrected chi connectivity index (χ2v) is 5.97. The zero-order chi connectivity index (χ0) is 10.6. The molecule has 3 aliphatic carbocycles. The Morgan fingerprint density at radius 1 is 1.33 bits per heavy atom. The first-order valence-electron chi connectivity index (χ1n) is 6.25. The third-order valence-electron chi connectivity index (χ3n) is 5.46. The van der Waals surface area contributed by atoms with Gasteiger partial charge < -0.3 is 4.74 Å². The van der Waals surface area contributed by atoms with E-state index in [-0.39, 0.29) is 11.4 Å². The zero-order valence-corrected chi connectivity index (χ0v) is 9.66. The maximum Gasteiger partial charge on any atom is 0.311 e. The summed E-state index contributed by atoms with van der Waals surface area (Å²) in [5.41, 5.74) is -0.148. The number of carbonyl (C=O) groups is 1. The summed E-state index contributed by atoms with van der Waals surface area (Å²) in [5, 5.41) is 0. The van der Waals surface area contributed by atoms with Gasteiger partial charge in [0.25, 0.3) is 0 Å². The lowest BCUT2D eigenvalue weighted by molar-refractivity contribution is -0.156. The van der Waals surface area contributed by atoms with E-state index >= 15 is 0 Å². The molecule has 2 nitrogen and oxygen atoms in total. The highest BCUT2D eigenvalue weighted by atomic mass is 16.5. The monoisotopic (exact) mass is 208 g/mol. The first kappa shape index (κ1) is 9.68. The van der Waals surface area contributed by atoms with Crippen LogP contribution in [0.15, 0.2) is 0 Å². The topological polar surface area (TPSA) is 26.3 Å². The Hall–Kier alpha value is -0.530. The Labute approximate surface area is 91.4 Å². The van der Waals surface area contributed by atoms with Crippen LogP contribution < -0.4 is 0 Å². The van der Waals surface area contributed by atoms with Gasteiger partial charge in [0.1, 0.15) is 0 Å². The van der Waals surface area contributed by atoms with Crippen molar-refractivity contribution in [2.24, 2.45) is 29.1 Å². The number of hydrogen-bond donors (Lipinski definition) is 0. The third kappa shape index (κ3) is 1.08. The molecule has 3 fully saturated rings. The minimum absolute atomic E-state index is 0.0420. The molecule has 0 radical (unpaired) electrons. The van der Waals surface area contributed by atoms with E-state index in [2.05, 4.69) is 6.92 Å². The van der Waals surface area contributed by atoms with E-state index < -0.39 is 0 Å². The second-order valence-electron chi connectivity index (χ2n) is 5.97. The summed E-state index contributed by atoms with van der Waals surface area (Å²) >= 11 is 0. The summed E-state index contributed by atoms with van der Waals surface area (Å²) in [4.78, 5) is 11.9. The standard InChI is InChI=1S/C13H20O2/c1-13(12(14)15-2)7-8-6-11(13)10-5-3-4-9(8)10/h8-11H,3-7H2,1-2H3. The van der Waals surface area contributed by atoms with Crippen LogP contribution in [0, 0.1) is 29.1 Å². The number of carbonyl (C=O) groups excluding carboxylic acids is 1. The van der Waals surface area contributed by atoms with Crippen molar-refractivity contribution in [3.05, 3.63) is 0 Å². The number of fused-ring (bicyclic) bond motifs is 5. The molecule has 2 bridgehead atoms. The van der Waals surface area contributed by atoms with Crippen molar-refractivity contribution in [1.82, 2.24) is 0 Å². The Bertz CT molecular complexity index is 299. The Morgan fingerprint density at radius 3 is 2.80 bits per heavy atom. The Kier molecular flexibility index (Phi) is 1.93. The molecule has 0 aromatic rings. The van der Waals surface area contributed by atoms with Crippen LogP contribution >= 0.6 is 0 Å². The van der Waals surface area contributed by atoms with Crippen molar-refractivity contribution >= 4 is 5.97 Å². The van der Waals surface area contributed by atoms with Gasteiger partial charge in [-0.3, -0.25) is 4.79 Å². The first-order valence-corrected chi connectivity index (χ1v) is 6.25. The van der Waals surface area contributed by atoms with Crippen LogP contribution in [-0.2, 0) is 9.53 Å². The minimum atomic E-state index is -0.148. The zero-order valence-electron chi connectivity index (χ0n) is 9.66. The van der Waals surface area contributed by atoms with Crippen LogP contribution in [0.1, 0.15) is 39.0 Å². The van der Waals surface area contributed by atoms with Gasteiger partial charge in [-0.25, -0.2) is 0 Å². The number of methoxy groups -OCH3 is 1. The Morgan fingerprint density at radius 2 is 2.07 bits per heavy atom. The van der Waals surface area contributed by atoms with Crippen molar-refractivity contribution in [3.63, 3.8) is 0 Å². The fraction of sp³-hybridized carbons (Fsp3) is 0.923. The molecule has 84 valence electrons. The molecule has 0 aliphatic heterocycles. The van der Waals surface area contributed by atoms with Crippen molar-refractivity contribution in [3.8, 4) is 0 Å². The predicted molar refractivity (Wildman–Crippen MR) is 57.2 cm³/mol. The molecule has 5 atom stereocenters. The average molecular weight is 208 g/mol. The molecule has 0 aromatic heterocycles. The predicted octanol–water partition coefficient (Wildman–Crippen LogP) is 2.62. The number of hydrogen-bond acceptors (Lipinski definition) is 2. The van der Waals surface area contributed by atoms with Gasteiger partial charge in [-0.2, -0.15) is 0 Å². The molecule has 0 N–H and O–H groups in total. The molecule has 15 heavy (non-hydrogen) atoms. The van der Waals surface area contributed by atoms with E-state index in [1.165, 1.54) is 32.8 Å². The van der Waals surface area contributed by atoms with Gasteiger partial charge in [0.2, 0.25) is 0 Å². The molecule has 0 heterocycles. The summed E-state index contributed by atoms with van der Waals surface area (Å²) in [6.07, 6.45) is 6.55. The maximum atomic E-state index is 11.9. The molecule has 5 unspecified atom stereocenters. The highest BCUT2D eigenvalue weighted by Crippen LogP contribution is 2.65. The van der Waals surface area contributed by atoms with Crippen LogP contribution in [-0.4, -0.2) is 13.1 Å². The van der Waals surface area contributed by atoms with Gasteiger partial charge in [0, 0.05) is 0 Å². The van der Waals surface area contributed by atoms with Crippen LogP contribution in [0.25, 0.3) is 0 Å². The highest BCUT2D eigenvalue weighted by Gasteiger charge is 2.62. The fourth-order valence-corrected chi connectivity index (χ4v) is 4.91. The van der Waals surface area contributed by atoms with Crippen molar-refractivity contribution < 1.29 is 9.53 Å². The molecule has 3 saturated carbocycles. The molecular formula is C13H20O2. The molecule has 0 spiro atoms. The van der Waals surface area contributed by atoms with Gasteiger partial charge in [-0.05, 0) is 56.3 Å². The summed E-state index contributed by atoms with van der Waals surface area (Å²) in [5.74, 6) is 3.29. The van der Waals surface area contributed by atoms with Gasteiger partial charge in [0.15, 0.2) is 0 Å². The fourth-order valence-electron chi connectivity index (χ4n) is 4.91. The van der Waals surface area contributed by atoms with E-state index in [1.54, 1.807) is 0 Å². The number of ether oxygens (including phenoxy) is 1. The summed E-state index contributed by atoms with van der Waals surface area (Å²) in [6.45, 7) is 2.14. The van der Waals surface area contributed by atoms with Crippen LogP contribution in [0.2, 0.25) is 0 Å². The average Bonchev–Trinajstić information content (AvgIpc) is 2.85. The van der Waals surface area contributed by atoms with Crippen molar-refractivity contribution in [2.75, 3.05) is 7.11 Å². The van der Waals surface area contributed by atoms with Crippen LogP contribution in [0.3, 0.4) is 0 Å². The van der Waals surface area contributed by atoms with Gasteiger partial charge in [-0.1, -0.05) is 6.42 Å². The van der Waals surface area contributed by atoms with Crippen molar-refractivity contribution in [2.45, 2.75) is 39.0 Å². The smallest absolute Gasteiger partial charge is 0.311 e. The molecule has 0 saturated heterocycles. The van der Waals surface area contributed by atoms with Gasteiger partial charge in [0.05, 0.1) is 12.5 Å². The second kappa shape index (κ2) is 2.99. The SMILES string of the molecule is COC(=O)C1(C)CC2CC1C1CCCC21. The van der Waals surface area contributed by atoms with Gasteiger partial charge >= 0.3 is 5.97 Å². The number of esters is 1. The molecule has 0 aromatic carbocycles. The van der Waals surface area contributed by atoms with E-state index in [1.807, 2.05) is 0 Å². The van der Waals surface area contributed by atoms with E-state index in [0.717, 1.165) is 24.2 Å². The van der Waals surface area contributed by atoms with Crippen molar-refractivity contribution in [1.29, 1.82) is 0 Å². The molecule has 3 rings (SSSR count). The maximum absolute atomic E-state index is 11.9. The van der Waals surface area contributed by atoms with Crippen LogP contribution in [0.4, 0.5) is 0 Å². The quantitative estimate of drug-likeness (QED) is 0.619.